The molecular formula is C20H25NO4S. The summed E-state index contributed by atoms with van der Waals surface area (Å²) >= 11 is 0. The van der Waals surface area contributed by atoms with Crippen LogP contribution in [-0.2, 0) is 16.4 Å². The number of methoxy groups -OCH3 is 1. The molecule has 0 saturated heterocycles. The molecule has 0 atom stereocenters. The number of hydrogen-bond donors (Lipinski definition) is 1. The van der Waals surface area contributed by atoms with Crippen molar-refractivity contribution in [3.63, 3.8) is 0 Å². The Hall–Kier alpha value is -2.05. The Morgan fingerprint density at radius 3 is 2.42 bits per heavy atom. The molecule has 0 aliphatic heterocycles. The predicted octanol–water partition coefficient (Wildman–Crippen LogP) is 3.54. The van der Waals surface area contributed by atoms with Gasteiger partial charge in [0, 0.05) is 6.54 Å². The molecule has 0 amide bonds. The Bertz CT molecular complexity index is 812. The smallest absolute Gasteiger partial charge is 0.240 e. The molecule has 0 unspecified atom stereocenters. The lowest BCUT2D eigenvalue weighted by atomic mass is 10.1. The van der Waals surface area contributed by atoms with E-state index in [1.54, 1.807) is 31.4 Å². The summed E-state index contributed by atoms with van der Waals surface area (Å²) in [5, 5.41) is 0. The zero-order chi connectivity index (χ0) is 18.4. The van der Waals surface area contributed by atoms with Gasteiger partial charge in [-0.1, -0.05) is 18.2 Å². The predicted molar refractivity (Wildman–Crippen MR) is 101 cm³/mol. The van der Waals surface area contributed by atoms with Crippen LogP contribution in [0.1, 0.15) is 31.2 Å². The zero-order valence-electron chi connectivity index (χ0n) is 15.0. The van der Waals surface area contributed by atoms with Crippen molar-refractivity contribution in [2.24, 2.45) is 0 Å². The quantitative estimate of drug-likeness (QED) is 0.766. The highest BCUT2D eigenvalue weighted by atomic mass is 32.2. The molecule has 3 rings (SSSR count). The normalized spacial score (nSPS) is 15.1. The molecule has 140 valence electrons. The zero-order valence-corrected chi connectivity index (χ0v) is 15.8. The van der Waals surface area contributed by atoms with E-state index in [1.165, 1.54) is 12.8 Å². The van der Waals surface area contributed by atoms with Crippen molar-refractivity contribution >= 4 is 10.0 Å². The van der Waals surface area contributed by atoms with Crippen LogP contribution in [0.2, 0.25) is 0 Å². The van der Waals surface area contributed by atoms with Gasteiger partial charge in [-0.25, -0.2) is 13.1 Å². The lowest BCUT2D eigenvalue weighted by Crippen LogP contribution is -2.26. The summed E-state index contributed by atoms with van der Waals surface area (Å²) in [6, 6.07) is 14.2. The van der Waals surface area contributed by atoms with E-state index in [2.05, 4.69) is 4.72 Å². The third kappa shape index (κ3) is 4.77. The third-order valence-corrected chi connectivity index (χ3v) is 6.09. The summed E-state index contributed by atoms with van der Waals surface area (Å²) in [5.41, 5.74) is 0.970. The molecule has 0 spiro atoms. The molecule has 1 N–H and O–H groups in total. The molecular weight excluding hydrogens is 350 g/mol. The van der Waals surface area contributed by atoms with Crippen molar-refractivity contribution < 1.29 is 17.9 Å². The Labute approximate surface area is 155 Å². The van der Waals surface area contributed by atoms with E-state index < -0.39 is 10.0 Å². The molecule has 1 aliphatic carbocycles. The fourth-order valence-corrected chi connectivity index (χ4v) is 4.24. The highest BCUT2D eigenvalue weighted by Gasteiger charge is 2.18. The van der Waals surface area contributed by atoms with Crippen molar-refractivity contribution in [1.29, 1.82) is 0 Å². The largest absolute Gasteiger partial charge is 0.496 e. The number of ether oxygens (including phenoxy) is 2. The Morgan fingerprint density at radius 1 is 1.04 bits per heavy atom. The second kappa shape index (κ2) is 8.56. The minimum Gasteiger partial charge on any atom is -0.496 e. The maximum Gasteiger partial charge on any atom is 0.240 e. The number of hydrogen-bond acceptors (Lipinski definition) is 4. The fraction of sp³-hybridized carbons (Fsp3) is 0.400. The Balaban J connectivity index is 1.57. The number of sulfonamides is 1. The Morgan fingerprint density at radius 2 is 1.73 bits per heavy atom. The molecule has 0 aromatic heterocycles. The summed E-state index contributed by atoms with van der Waals surface area (Å²) in [6.07, 6.45) is 5.37. The van der Waals surface area contributed by atoms with E-state index in [0.717, 1.165) is 29.9 Å². The van der Waals surface area contributed by atoms with Crippen LogP contribution in [-0.4, -0.2) is 28.2 Å². The van der Waals surface area contributed by atoms with Crippen LogP contribution >= 0.6 is 0 Å². The van der Waals surface area contributed by atoms with E-state index in [0.29, 0.717) is 13.0 Å². The highest BCUT2D eigenvalue weighted by Crippen LogP contribution is 2.25. The first-order chi connectivity index (χ1) is 12.6. The summed E-state index contributed by atoms with van der Waals surface area (Å²) in [7, 11) is -1.93. The van der Waals surface area contributed by atoms with Gasteiger partial charge in [0.2, 0.25) is 10.0 Å². The van der Waals surface area contributed by atoms with Gasteiger partial charge in [-0.15, -0.1) is 0 Å². The van der Waals surface area contributed by atoms with Crippen LogP contribution in [0.15, 0.2) is 53.4 Å². The maximum atomic E-state index is 12.4. The summed E-state index contributed by atoms with van der Waals surface area (Å²) in [4.78, 5) is 0.247. The molecule has 1 saturated carbocycles. The van der Waals surface area contributed by atoms with Crippen LogP contribution in [0, 0.1) is 0 Å². The number of benzene rings is 2. The lowest BCUT2D eigenvalue weighted by molar-refractivity contribution is 0.210. The summed E-state index contributed by atoms with van der Waals surface area (Å²) in [5.74, 6) is 1.49. The SMILES string of the molecule is COc1ccccc1CCNS(=O)(=O)c1ccc(OC2CCCC2)cc1. The molecule has 0 radical (unpaired) electrons. The van der Waals surface area contributed by atoms with E-state index in [1.807, 2.05) is 24.3 Å². The van der Waals surface area contributed by atoms with Crippen LogP contribution < -0.4 is 14.2 Å². The van der Waals surface area contributed by atoms with Gasteiger partial charge >= 0.3 is 0 Å². The van der Waals surface area contributed by atoms with Gasteiger partial charge in [-0.05, 0) is 68.0 Å². The van der Waals surface area contributed by atoms with E-state index in [9.17, 15) is 8.42 Å². The second-order valence-electron chi connectivity index (χ2n) is 6.46. The molecule has 2 aromatic rings. The van der Waals surface area contributed by atoms with Crippen molar-refractivity contribution in [1.82, 2.24) is 4.72 Å². The van der Waals surface area contributed by atoms with Crippen molar-refractivity contribution in [2.75, 3.05) is 13.7 Å². The molecule has 1 fully saturated rings. The summed E-state index contributed by atoms with van der Waals surface area (Å²) < 4.78 is 38.7. The lowest BCUT2D eigenvalue weighted by Gasteiger charge is -2.13. The molecule has 1 aliphatic rings. The van der Waals surface area contributed by atoms with Gasteiger partial charge < -0.3 is 9.47 Å². The molecule has 2 aromatic carbocycles. The first kappa shape index (κ1) is 18.7. The number of nitrogens with one attached hydrogen (secondary N) is 1. The van der Waals surface area contributed by atoms with Gasteiger partial charge in [0.1, 0.15) is 11.5 Å². The van der Waals surface area contributed by atoms with Crippen molar-refractivity contribution in [3.8, 4) is 11.5 Å². The minimum absolute atomic E-state index is 0.247. The minimum atomic E-state index is -3.54. The van der Waals surface area contributed by atoms with Gasteiger partial charge in [-0.3, -0.25) is 0 Å². The first-order valence-corrected chi connectivity index (χ1v) is 10.4. The third-order valence-electron chi connectivity index (χ3n) is 4.62. The van der Waals surface area contributed by atoms with Crippen LogP contribution in [0.3, 0.4) is 0 Å². The summed E-state index contributed by atoms with van der Waals surface area (Å²) in [6.45, 7) is 0.309. The topological polar surface area (TPSA) is 64.6 Å². The average Bonchev–Trinajstić information content (AvgIpc) is 3.15. The maximum absolute atomic E-state index is 12.4. The fourth-order valence-electron chi connectivity index (χ4n) is 3.21. The first-order valence-electron chi connectivity index (χ1n) is 8.97. The standard InChI is InChI=1S/C20H25NO4S/c1-24-20-9-5-2-6-16(20)14-15-21-26(22,23)19-12-10-18(11-13-19)25-17-7-3-4-8-17/h2,5-6,9-13,17,21H,3-4,7-8,14-15H2,1H3. The van der Waals surface area contributed by atoms with E-state index in [4.69, 9.17) is 9.47 Å². The van der Waals surface area contributed by atoms with Crippen LogP contribution in [0.25, 0.3) is 0 Å². The average molecular weight is 375 g/mol. The van der Waals surface area contributed by atoms with Crippen LogP contribution in [0.5, 0.6) is 11.5 Å². The Kier molecular flexibility index (Phi) is 6.16. The van der Waals surface area contributed by atoms with Crippen LogP contribution in [0.4, 0.5) is 0 Å². The molecule has 0 heterocycles. The van der Waals surface area contributed by atoms with Gasteiger partial charge in [0.15, 0.2) is 0 Å². The molecule has 0 bridgehead atoms. The van der Waals surface area contributed by atoms with Gasteiger partial charge in [0.05, 0.1) is 18.1 Å². The van der Waals surface area contributed by atoms with E-state index in [-0.39, 0.29) is 11.0 Å². The van der Waals surface area contributed by atoms with Gasteiger partial charge in [-0.2, -0.15) is 0 Å². The highest BCUT2D eigenvalue weighted by molar-refractivity contribution is 7.89. The molecule has 6 heteroatoms. The number of para-hydroxylation sites is 1. The number of rotatable bonds is 8. The second-order valence-corrected chi connectivity index (χ2v) is 8.22. The molecule has 5 nitrogen and oxygen atoms in total. The van der Waals surface area contributed by atoms with Crippen molar-refractivity contribution in [2.45, 2.75) is 43.1 Å². The van der Waals surface area contributed by atoms with Crippen molar-refractivity contribution in [3.05, 3.63) is 54.1 Å². The monoisotopic (exact) mass is 375 g/mol. The molecule has 26 heavy (non-hydrogen) atoms. The van der Waals surface area contributed by atoms with Gasteiger partial charge in [0.25, 0.3) is 0 Å². The van der Waals surface area contributed by atoms with E-state index >= 15 is 0 Å².